The van der Waals surface area contributed by atoms with Crippen LogP contribution in [0.3, 0.4) is 0 Å². The molecule has 1 aromatic carbocycles. The number of nitrogens with one attached hydrogen (secondary N) is 1. The molecule has 0 aromatic heterocycles. The van der Waals surface area contributed by atoms with Crippen molar-refractivity contribution in [2.75, 3.05) is 39.4 Å². The van der Waals surface area contributed by atoms with Crippen molar-refractivity contribution >= 4 is 5.91 Å². The van der Waals surface area contributed by atoms with E-state index in [2.05, 4.69) is 10.2 Å². The molecule has 6 nitrogen and oxygen atoms in total. The summed E-state index contributed by atoms with van der Waals surface area (Å²) >= 11 is 0. The fourth-order valence-electron chi connectivity index (χ4n) is 3.21. The number of aliphatic hydroxyl groups is 1. The highest BCUT2D eigenvalue weighted by molar-refractivity contribution is 5.91. The Hall–Kier alpha value is -2.05. The van der Waals surface area contributed by atoms with Gasteiger partial charge in [0.2, 0.25) is 5.76 Å². The predicted octanol–water partition coefficient (Wildman–Crippen LogP) is 1.44. The fourth-order valence-corrected chi connectivity index (χ4v) is 3.21. The van der Waals surface area contributed by atoms with Crippen LogP contribution >= 0.6 is 0 Å². The molecule has 0 aliphatic carbocycles. The molecule has 2 aliphatic heterocycles. The van der Waals surface area contributed by atoms with E-state index in [9.17, 15) is 9.90 Å². The first kappa shape index (κ1) is 17.8. The van der Waals surface area contributed by atoms with Gasteiger partial charge in [-0.1, -0.05) is 30.3 Å². The molecule has 0 radical (unpaired) electrons. The largest absolute Gasteiger partial charge is 0.494 e. The van der Waals surface area contributed by atoms with E-state index in [1.807, 2.05) is 30.3 Å². The third kappa shape index (κ3) is 5.21. The van der Waals surface area contributed by atoms with Crippen LogP contribution in [-0.2, 0) is 14.3 Å². The molecule has 1 atom stereocenters. The molecule has 1 amide bonds. The Bertz CT molecular complexity index is 582. The van der Waals surface area contributed by atoms with Crippen molar-refractivity contribution in [1.82, 2.24) is 10.2 Å². The van der Waals surface area contributed by atoms with E-state index < -0.39 is 6.10 Å². The molecule has 2 N–H and O–H groups in total. The van der Waals surface area contributed by atoms with Gasteiger partial charge in [-0.3, -0.25) is 4.79 Å². The molecule has 0 spiro atoms. The number of rotatable bonds is 6. The van der Waals surface area contributed by atoms with Crippen molar-refractivity contribution in [3.63, 3.8) is 0 Å². The highest BCUT2D eigenvalue weighted by Crippen LogP contribution is 2.20. The van der Waals surface area contributed by atoms with Gasteiger partial charge in [0.05, 0.1) is 6.10 Å². The van der Waals surface area contributed by atoms with E-state index in [-0.39, 0.29) is 11.7 Å². The Morgan fingerprint density at radius 3 is 2.68 bits per heavy atom. The predicted molar refractivity (Wildman–Crippen MR) is 93.6 cm³/mol. The van der Waals surface area contributed by atoms with E-state index in [1.54, 1.807) is 0 Å². The molecule has 0 unspecified atom stereocenters. The summed E-state index contributed by atoms with van der Waals surface area (Å²) in [4.78, 5) is 14.3. The van der Waals surface area contributed by atoms with E-state index in [4.69, 9.17) is 9.47 Å². The second-order valence-corrected chi connectivity index (χ2v) is 6.58. The third-order valence-corrected chi connectivity index (χ3v) is 4.75. The maximum absolute atomic E-state index is 12.0. The molecular weight excluding hydrogens is 320 g/mol. The van der Waals surface area contributed by atoms with Crippen LogP contribution in [0.2, 0.25) is 0 Å². The summed E-state index contributed by atoms with van der Waals surface area (Å²) in [5.41, 5.74) is 0.958. The Morgan fingerprint density at radius 2 is 2.00 bits per heavy atom. The van der Waals surface area contributed by atoms with Gasteiger partial charge in [-0.05, 0) is 37.4 Å². The second kappa shape index (κ2) is 8.87. The van der Waals surface area contributed by atoms with E-state index >= 15 is 0 Å². The van der Waals surface area contributed by atoms with Crippen LogP contribution < -0.4 is 5.32 Å². The lowest BCUT2D eigenvalue weighted by Gasteiger charge is -2.33. The monoisotopic (exact) mass is 346 g/mol. The second-order valence-electron chi connectivity index (χ2n) is 6.58. The summed E-state index contributed by atoms with van der Waals surface area (Å²) in [6, 6.07) is 9.77. The summed E-state index contributed by atoms with van der Waals surface area (Å²) in [5, 5.41) is 13.3. The number of aliphatic hydroxyl groups excluding tert-OH is 1. The van der Waals surface area contributed by atoms with Crippen molar-refractivity contribution in [3.8, 4) is 0 Å². The Kier molecular flexibility index (Phi) is 6.30. The van der Waals surface area contributed by atoms with Gasteiger partial charge < -0.3 is 24.8 Å². The number of hydrogen-bond donors (Lipinski definition) is 2. The van der Waals surface area contributed by atoms with Crippen molar-refractivity contribution in [2.24, 2.45) is 5.92 Å². The van der Waals surface area contributed by atoms with Crippen LogP contribution in [-0.4, -0.2) is 55.3 Å². The zero-order chi connectivity index (χ0) is 17.5. The minimum atomic E-state index is -0.451. The quantitative estimate of drug-likeness (QED) is 0.816. The Balaban J connectivity index is 1.37. The number of piperidine rings is 1. The summed E-state index contributed by atoms with van der Waals surface area (Å²) in [5.74, 6) is 0.510. The SMILES string of the molecule is O=C(NCC1CCN(C[C@H](O)c2ccccc2)CC1)C1=COCCO1. The zero-order valence-corrected chi connectivity index (χ0v) is 14.4. The molecule has 2 heterocycles. The fraction of sp³-hybridized carbons (Fsp3) is 0.526. The lowest BCUT2D eigenvalue weighted by molar-refractivity contribution is -0.122. The number of carbonyl (C=O) groups excluding carboxylic acids is 1. The van der Waals surface area contributed by atoms with Crippen LogP contribution in [0.15, 0.2) is 42.4 Å². The van der Waals surface area contributed by atoms with Crippen molar-refractivity contribution in [3.05, 3.63) is 47.9 Å². The molecule has 1 aromatic rings. The lowest BCUT2D eigenvalue weighted by Crippen LogP contribution is -2.40. The summed E-state index contributed by atoms with van der Waals surface area (Å²) in [6.07, 6.45) is 2.95. The minimum absolute atomic E-state index is 0.207. The maximum Gasteiger partial charge on any atom is 0.289 e. The molecular formula is C19H26N2O4. The highest BCUT2D eigenvalue weighted by atomic mass is 16.6. The molecule has 0 bridgehead atoms. The van der Waals surface area contributed by atoms with E-state index in [0.29, 0.717) is 32.2 Å². The smallest absolute Gasteiger partial charge is 0.289 e. The number of amides is 1. The number of nitrogens with zero attached hydrogens (tertiary/aromatic N) is 1. The highest BCUT2D eigenvalue weighted by Gasteiger charge is 2.23. The topological polar surface area (TPSA) is 71.0 Å². The standard InChI is InChI=1S/C19H26N2O4/c22-17(16-4-2-1-3-5-16)13-21-8-6-15(7-9-21)12-20-19(23)18-14-24-10-11-25-18/h1-5,14-15,17,22H,6-13H2,(H,20,23)/t17-/m0/s1. The normalized spacial score (nSPS) is 20.1. The number of hydrogen-bond acceptors (Lipinski definition) is 5. The maximum atomic E-state index is 12.0. The van der Waals surface area contributed by atoms with Gasteiger partial charge in [-0.15, -0.1) is 0 Å². The molecule has 3 rings (SSSR count). The third-order valence-electron chi connectivity index (χ3n) is 4.75. The minimum Gasteiger partial charge on any atom is -0.494 e. The first-order valence-corrected chi connectivity index (χ1v) is 8.90. The van der Waals surface area contributed by atoms with Crippen LogP contribution in [0.1, 0.15) is 24.5 Å². The zero-order valence-electron chi connectivity index (χ0n) is 14.4. The van der Waals surface area contributed by atoms with Crippen LogP contribution in [0.5, 0.6) is 0 Å². The lowest BCUT2D eigenvalue weighted by atomic mass is 9.96. The van der Waals surface area contributed by atoms with Crippen molar-refractivity contribution < 1.29 is 19.4 Å². The van der Waals surface area contributed by atoms with Crippen molar-refractivity contribution in [2.45, 2.75) is 18.9 Å². The van der Waals surface area contributed by atoms with E-state index in [1.165, 1.54) is 6.26 Å². The van der Waals surface area contributed by atoms with Gasteiger partial charge >= 0.3 is 0 Å². The van der Waals surface area contributed by atoms with Crippen LogP contribution in [0.25, 0.3) is 0 Å². The number of β-amino-alcohol motifs (C(OH)–C–C–N with tert-alkyl or cyclic N) is 1. The molecule has 1 fully saturated rings. The number of carbonyl (C=O) groups is 1. The number of likely N-dealkylation sites (tertiary alicyclic amines) is 1. The number of ether oxygens (including phenoxy) is 2. The molecule has 1 saturated heterocycles. The summed E-state index contributed by atoms with van der Waals surface area (Å²) in [6.45, 7) is 4.08. The first-order valence-electron chi connectivity index (χ1n) is 8.90. The van der Waals surface area contributed by atoms with Crippen LogP contribution in [0, 0.1) is 5.92 Å². The van der Waals surface area contributed by atoms with Gasteiger partial charge in [0.15, 0.2) is 0 Å². The molecule has 0 saturated carbocycles. The van der Waals surface area contributed by atoms with Gasteiger partial charge in [0.25, 0.3) is 5.91 Å². The van der Waals surface area contributed by atoms with Gasteiger partial charge in [-0.2, -0.15) is 0 Å². The summed E-state index contributed by atoms with van der Waals surface area (Å²) in [7, 11) is 0. The van der Waals surface area contributed by atoms with Crippen LogP contribution in [0.4, 0.5) is 0 Å². The van der Waals surface area contributed by atoms with Gasteiger partial charge in [0, 0.05) is 13.1 Å². The van der Waals surface area contributed by atoms with Gasteiger partial charge in [-0.25, -0.2) is 0 Å². The van der Waals surface area contributed by atoms with Crippen molar-refractivity contribution in [1.29, 1.82) is 0 Å². The summed E-state index contributed by atoms with van der Waals surface area (Å²) < 4.78 is 10.4. The number of benzene rings is 1. The average molecular weight is 346 g/mol. The molecule has 136 valence electrons. The first-order chi connectivity index (χ1) is 12.2. The Morgan fingerprint density at radius 1 is 1.24 bits per heavy atom. The Labute approximate surface area is 148 Å². The van der Waals surface area contributed by atoms with Gasteiger partial charge in [0.1, 0.15) is 19.5 Å². The average Bonchev–Trinajstić information content (AvgIpc) is 2.68. The molecule has 6 heteroatoms. The molecule has 25 heavy (non-hydrogen) atoms. The van der Waals surface area contributed by atoms with E-state index in [0.717, 1.165) is 31.5 Å². The molecule has 2 aliphatic rings.